The summed E-state index contributed by atoms with van der Waals surface area (Å²) < 4.78 is 10.8. The Morgan fingerprint density at radius 1 is 0.923 bits per heavy atom. The van der Waals surface area contributed by atoms with Crippen molar-refractivity contribution >= 4 is 23.9 Å². The fourth-order valence-corrected chi connectivity index (χ4v) is 6.05. The number of aromatic amines is 1. The first-order valence-electron chi connectivity index (χ1n) is 16.6. The van der Waals surface area contributed by atoms with Crippen LogP contribution in [0.1, 0.15) is 67.3 Å². The summed E-state index contributed by atoms with van der Waals surface area (Å²) in [6, 6.07) is 24.9. The van der Waals surface area contributed by atoms with E-state index in [1.165, 1.54) is 24.1 Å². The van der Waals surface area contributed by atoms with Gasteiger partial charge in [0, 0.05) is 18.5 Å². The molecule has 1 heterocycles. The van der Waals surface area contributed by atoms with E-state index in [0.717, 1.165) is 22.4 Å². The molecule has 0 fully saturated rings. The quantitative estimate of drug-likeness (QED) is 0.107. The smallest absolute Gasteiger partial charge is 0.408 e. The van der Waals surface area contributed by atoms with Crippen molar-refractivity contribution in [2.24, 2.45) is 5.73 Å². The summed E-state index contributed by atoms with van der Waals surface area (Å²) in [5, 5.41) is 12.7. The number of aromatic nitrogens is 2. The molecule has 268 valence electrons. The minimum absolute atomic E-state index is 0.0163. The largest absolute Gasteiger partial charge is 0.496 e. The van der Waals surface area contributed by atoms with Crippen LogP contribution < -0.4 is 15.8 Å². The lowest BCUT2D eigenvalue weighted by Gasteiger charge is -2.32. The van der Waals surface area contributed by atoms with Crippen LogP contribution in [0.15, 0.2) is 97.2 Å². The number of nitrogens with zero attached hydrogens (tertiary/aromatic N) is 2. The van der Waals surface area contributed by atoms with Crippen molar-refractivity contribution < 1.29 is 33.8 Å². The molecule has 2 atom stereocenters. The predicted molar refractivity (Wildman–Crippen MR) is 195 cm³/mol. The van der Waals surface area contributed by atoms with Crippen LogP contribution in [0.2, 0.25) is 0 Å². The van der Waals surface area contributed by atoms with Crippen LogP contribution >= 0.6 is 0 Å². The lowest BCUT2D eigenvalue weighted by molar-refractivity contribution is -0.136. The fraction of sp³-hybridized carbons (Fsp3) is 0.225. The third-order valence-corrected chi connectivity index (χ3v) is 8.87. The van der Waals surface area contributed by atoms with Gasteiger partial charge in [0.15, 0.2) is 0 Å². The number of nitrogens with two attached hydrogens (primary N) is 1. The SMILES string of the molecule is COc1ccc(CN(C(=O)[C@H](Cc2c(C)cc(C(N)=O)cc2C)NC(=O)OCc2ccccc2)[C@@H](C)c2ncc(-c3ccccc3)[nH]2)cc1C(=O)O. The third-order valence-electron chi connectivity index (χ3n) is 8.87. The number of carbonyl (C=O) groups excluding carboxylic acids is 3. The molecular weight excluding hydrogens is 662 g/mol. The highest BCUT2D eigenvalue weighted by molar-refractivity contribution is 5.93. The lowest BCUT2D eigenvalue weighted by atomic mass is 9.93. The molecule has 1 aromatic heterocycles. The molecule has 0 radical (unpaired) electrons. The number of H-pyrrole nitrogens is 1. The Labute approximate surface area is 301 Å². The molecule has 12 nitrogen and oxygen atoms in total. The Kier molecular flexibility index (Phi) is 11.7. The standard InChI is InChI=1S/C40H41N5O7/c1-24-17-30(36(41)46)18-25(2)31(24)20-33(44-40(50)52-23-27-11-7-5-8-12-27)38(47)45(22-28-15-16-35(51-4)32(19-28)39(48)49)26(3)37-42-21-34(43-37)29-13-9-6-10-14-29/h5-19,21,26,33H,20,22-23H2,1-4H3,(H2,41,46)(H,42,43)(H,44,50)(H,48,49)/t26-,33-/m0/s1. The van der Waals surface area contributed by atoms with E-state index < -0.39 is 36.0 Å². The maximum absolute atomic E-state index is 14.9. The maximum Gasteiger partial charge on any atom is 0.408 e. The molecule has 0 aliphatic carbocycles. The zero-order valence-corrected chi connectivity index (χ0v) is 29.4. The van der Waals surface area contributed by atoms with E-state index in [4.69, 9.17) is 15.2 Å². The first-order valence-corrected chi connectivity index (χ1v) is 16.6. The second-order valence-electron chi connectivity index (χ2n) is 12.4. The number of benzene rings is 4. The van der Waals surface area contributed by atoms with Gasteiger partial charge in [-0.15, -0.1) is 0 Å². The molecule has 0 unspecified atom stereocenters. The topological polar surface area (TPSA) is 177 Å². The Morgan fingerprint density at radius 2 is 1.58 bits per heavy atom. The number of carbonyl (C=O) groups is 4. The molecule has 52 heavy (non-hydrogen) atoms. The number of aryl methyl sites for hydroxylation is 2. The van der Waals surface area contributed by atoms with Crippen molar-refractivity contribution in [2.75, 3.05) is 7.11 Å². The highest BCUT2D eigenvalue weighted by Crippen LogP contribution is 2.28. The number of carboxylic acid groups (broad SMARTS) is 1. The Hall–Kier alpha value is -6.43. The molecule has 4 aromatic carbocycles. The van der Waals surface area contributed by atoms with Crippen molar-refractivity contribution in [3.05, 3.63) is 142 Å². The summed E-state index contributed by atoms with van der Waals surface area (Å²) in [5.74, 6) is -1.60. The molecule has 0 aliphatic heterocycles. The summed E-state index contributed by atoms with van der Waals surface area (Å²) in [7, 11) is 1.38. The van der Waals surface area contributed by atoms with Gasteiger partial charge in [-0.2, -0.15) is 0 Å². The average Bonchev–Trinajstić information content (AvgIpc) is 3.64. The molecule has 0 aliphatic rings. The van der Waals surface area contributed by atoms with Crippen LogP contribution in [0.4, 0.5) is 4.79 Å². The summed E-state index contributed by atoms with van der Waals surface area (Å²) in [6.07, 6.45) is 0.930. The number of hydrogen-bond acceptors (Lipinski definition) is 7. The second kappa shape index (κ2) is 16.5. The van der Waals surface area contributed by atoms with Crippen LogP contribution in [-0.4, -0.2) is 57.0 Å². The number of carboxylic acids is 1. The molecule has 0 spiro atoms. The van der Waals surface area contributed by atoms with Crippen molar-refractivity contribution in [1.29, 1.82) is 0 Å². The van der Waals surface area contributed by atoms with Gasteiger partial charge in [0.2, 0.25) is 11.8 Å². The van der Waals surface area contributed by atoms with Crippen molar-refractivity contribution in [3.8, 4) is 17.0 Å². The van der Waals surface area contributed by atoms with Gasteiger partial charge in [0.25, 0.3) is 0 Å². The molecule has 0 saturated carbocycles. The van der Waals surface area contributed by atoms with Gasteiger partial charge in [-0.1, -0.05) is 66.7 Å². The number of alkyl carbamates (subject to hydrolysis) is 1. The predicted octanol–water partition coefficient (Wildman–Crippen LogP) is 6.13. The number of primary amides is 1. The van der Waals surface area contributed by atoms with Crippen LogP contribution in [-0.2, 0) is 29.1 Å². The monoisotopic (exact) mass is 703 g/mol. The van der Waals surface area contributed by atoms with Gasteiger partial charge in [-0.05, 0) is 78.4 Å². The zero-order valence-electron chi connectivity index (χ0n) is 29.4. The molecule has 5 rings (SSSR count). The number of methoxy groups -OCH3 is 1. The van der Waals surface area contributed by atoms with Crippen LogP contribution in [0, 0.1) is 13.8 Å². The van der Waals surface area contributed by atoms with Gasteiger partial charge in [-0.25, -0.2) is 14.6 Å². The molecule has 3 amide bonds. The van der Waals surface area contributed by atoms with E-state index >= 15 is 0 Å². The number of aromatic carboxylic acids is 1. The van der Waals surface area contributed by atoms with E-state index in [9.17, 15) is 24.3 Å². The number of ether oxygens (including phenoxy) is 2. The van der Waals surface area contributed by atoms with E-state index in [2.05, 4.69) is 15.3 Å². The van der Waals surface area contributed by atoms with Crippen LogP contribution in [0.5, 0.6) is 5.75 Å². The third kappa shape index (κ3) is 8.83. The van der Waals surface area contributed by atoms with Gasteiger partial charge < -0.3 is 35.5 Å². The number of amides is 3. The summed E-state index contributed by atoms with van der Waals surface area (Å²) >= 11 is 0. The lowest BCUT2D eigenvalue weighted by Crippen LogP contribution is -2.50. The van der Waals surface area contributed by atoms with E-state index in [1.807, 2.05) is 74.5 Å². The Bertz CT molecular complexity index is 2040. The second-order valence-corrected chi connectivity index (χ2v) is 12.4. The number of nitrogens with one attached hydrogen (secondary N) is 2. The average molecular weight is 704 g/mol. The fourth-order valence-electron chi connectivity index (χ4n) is 6.05. The van der Waals surface area contributed by atoms with Gasteiger partial charge >= 0.3 is 12.1 Å². The Morgan fingerprint density at radius 3 is 2.19 bits per heavy atom. The molecular formula is C40H41N5O7. The molecule has 0 bridgehead atoms. The number of imidazole rings is 1. The van der Waals surface area contributed by atoms with Crippen molar-refractivity contribution in [3.63, 3.8) is 0 Å². The van der Waals surface area contributed by atoms with Crippen LogP contribution in [0.3, 0.4) is 0 Å². The summed E-state index contributed by atoms with van der Waals surface area (Å²) in [6.45, 7) is 5.36. The van der Waals surface area contributed by atoms with Crippen molar-refractivity contribution in [1.82, 2.24) is 20.2 Å². The zero-order chi connectivity index (χ0) is 37.4. The molecule has 12 heteroatoms. The normalized spacial score (nSPS) is 12.0. The Balaban J connectivity index is 1.54. The van der Waals surface area contributed by atoms with Crippen molar-refractivity contribution in [2.45, 2.75) is 52.4 Å². The van der Waals surface area contributed by atoms with E-state index in [-0.39, 0.29) is 30.9 Å². The first-order chi connectivity index (χ1) is 24.9. The minimum Gasteiger partial charge on any atom is -0.496 e. The molecule has 5 N–H and O–H groups in total. The highest BCUT2D eigenvalue weighted by Gasteiger charge is 2.33. The summed E-state index contributed by atoms with van der Waals surface area (Å²) in [4.78, 5) is 61.8. The number of rotatable bonds is 14. The minimum atomic E-state index is -1.19. The molecule has 5 aromatic rings. The van der Waals surface area contributed by atoms with E-state index in [1.54, 1.807) is 31.3 Å². The maximum atomic E-state index is 14.9. The molecule has 0 saturated heterocycles. The summed E-state index contributed by atoms with van der Waals surface area (Å²) in [5.41, 5.74) is 10.9. The van der Waals surface area contributed by atoms with Crippen LogP contribution in [0.25, 0.3) is 11.3 Å². The van der Waals surface area contributed by atoms with Gasteiger partial charge in [-0.3, -0.25) is 9.59 Å². The van der Waals surface area contributed by atoms with Gasteiger partial charge in [0.05, 0.1) is 25.0 Å². The van der Waals surface area contributed by atoms with Gasteiger partial charge in [0.1, 0.15) is 29.8 Å². The van der Waals surface area contributed by atoms with E-state index in [0.29, 0.717) is 28.1 Å². The highest BCUT2D eigenvalue weighted by atomic mass is 16.5. The first kappa shape index (κ1) is 36.8. The number of hydrogen-bond donors (Lipinski definition) is 4.